The van der Waals surface area contributed by atoms with E-state index >= 15 is 0 Å². The first kappa shape index (κ1) is 20.4. The lowest BCUT2D eigenvalue weighted by molar-refractivity contribution is 0.0938. The van der Waals surface area contributed by atoms with Crippen LogP contribution in [0.1, 0.15) is 34.8 Å². The number of carbonyl (C=O) groups excluding carboxylic acids is 1. The highest BCUT2D eigenvalue weighted by Gasteiger charge is 2.24. The topological polar surface area (TPSA) is 75.7 Å². The molecule has 2 aromatic carbocycles. The lowest BCUT2D eigenvalue weighted by Crippen LogP contribution is -2.36. The zero-order valence-corrected chi connectivity index (χ0v) is 17.0. The Bertz CT molecular complexity index is 902. The van der Waals surface area contributed by atoms with Crippen LogP contribution >= 0.6 is 0 Å². The number of sulfone groups is 1. The van der Waals surface area contributed by atoms with Gasteiger partial charge in [0.05, 0.1) is 18.0 Å². The first-order valence-electron chi connectivity index (χ1n) is 9.35. The van der Waals surface area contributed by atoms with Crippen LogP contribution < -0.4 is 10.1 Å². The van der Waals surface area contributed by atoms with E-state index in [0.717, 1.165) is 43.5 Å². The van der Waals surface area contributed by atoms with Crippen molar-refractivity contribution in [2.75, 3.05) is 33.0 Å². The summed E-state index contributed by atoms with van der Waals surface area (Å²) in [7, 11) is -1.63. The minimum absolute atomic E-state index is 0.0904. The Morgan fingerprint density at radius 3 is 2.21 bits per heavy atom. The third kappa shape index (κ3) is 4.91. The maximum Gasteiger partial charge on any atom is 0.251 e. The van der Waals surface area contributed by atoms with Crippen LogP contribution in [0.3, 0.4) is 0 Å². The monoisotopic (exact) mass is 402 g/mol. The van der Waals surface area contributed by atoms with Crippen LogP contribution in [-0.2, 0) is 9.84 Å². The molecule has 2 aromatic rings. The number of nitrogens with zero attached hydrogens (tertiary/aromatic N) is 1. The van der Waals surface area contributed by atoms with E-state index in [9.17, 15) is 13.2 Å². The lowest BCUT2D eigenvalue weighted by Gasteiger charge is -2.28. The van der Waals surface area contributed by atoms with E-state index in [2.05, 4.69) is 10.2 Å². The largest absolute Gasteiger partial charge is 0.497 e. The molecule has 0 spiro atoms. The van der Waals surface area contributed by atoms with Crippen molar-refractivity contribution in [3.8, 4) is 5.75 Å². The molecule has 1 heterocycles. The quantitative estimate of drug-likeness (QED) is 0.771. The standard InChI is InChI=1S/C21H26N2O4S/c1-27-18-9-5-16(6-10-18)20(23-13-3-4-14-23)15-22-21(24)17-7-11-19(12-8-17)28(2,25)26/h5-12,20H,3-4,13-15H2,1-2H3,(H,22,24)/t20-/m0/s1. The Morgan fingerprint density at radius 1 is 1.07 bits per heavy atom. The Balaban J connectivity index is 1.71. The van der Waals surface area contributed by atoms with Crippen LogP contribution in [0.15, 0.2) is 53.4 Å². The molecule has 0 saturated carbocycles. The Labute approximate surface area is 166 Å². The molecule has 0 bridgehead atoms. The minimum Gasteiger partial charge on any atom is -0.497 e. The summed E-state index contributed by atoms with van der Waals surface area (Å²) in [4.78, 5) is 15.1. The molecule has 1 amide bonds. The summed E-state index contributed by atoms with van der Waals surface area (Å²) >= 11 is 0. The number of hydrogen-bond acceptors (Lipinski definition) is 5. The van der Waals surface area contributed by atoms with Crippen molar-refractivity contribution >= 4 is 15.7 Å². The zero-order chi connectivity index (χ0) is 20.1. The fourth-order valence-corrected chi connectivity index (χ4v) is 4.11. The molecule has 0 radical (unpaired) electrons. The van der Waals surface area contributed by atoms with Gasteiger partial charge in [0.2, 0.25) is 0 Å². The average molecular weight is 403 g/mol. The molecule has 1 aliphatic rings. The Kier molecular flexibility index (Phi) is 6.36. The van der Waals surface area contributed by atoms with Gasteiger partial charge in [-0.05, 0) is 67.9 Å². The molecule has 0 aromatic heterocycles. The third-order valence-electron chi connectivity index (χ3n) is 5.08. The van der Waals surface area contributed by atoms with E-state index in [1.807, 2.05) is 24.3 Å². The Hall–Kier alpha value is -2.38. The molecule has 28 heavy (non-hydrogen) atoms. The molecule has 6 nitrogen and oxygen atoms in total. The van der Waals surface area contributed by atoms with Gasteiger partial charge in [0.25, 0.3) is 5.91 Å². The van der Waals surface area contributed by atoms with Crippen LogP contribution in [0.4, 0.5) is 0 Å². The van der Waals surface area contributed by atoms with Gasteiger partial charge in [0.15, 0.2) is 9.84 Å². The van der Waals surface area contributed by atoms with Gasteiger partial charge in [-0.2, -0.15) is 0 Å². The van der Waals surface area contributed by atoms with Crippen LogP contribution in [0, 0.1) is 0 Å². The third-order valence-corrected chi connectivity index (χ3v) is 6.21. The summed E-state index contributed by atoms with van der Waals surface area (Å²) in [6.07, 6.45) is 3.47. The molecular weight excluding hydrogens is 376 g/mol. The van der Waals surface area contributed by atoms with Crippen molar-refractivity contribution in [2.24, 2.45) is 0 Å². The number of benzene rings is 2. The summed E-state index contributed by atoms with van der Waals surface area (Å²) < 4.78 is 28.4. The maximum atomic E-state index is 12.6. The summed E-state index contributed by atoms with van der Waals surface area (Å²) in [5.41, 5.74) is 1.58. The summed E-state index contributed by atoms with van der Waals surface area (Å²) in [6, 6.07) is 14.1. The second-order valence-corrected chi connectivity index (χ2v) is 9.05. The predicted molar refractivity (Wildman–Crippen MR) is 108 cm³/mol. The van der Waals surface area contributed by atoms with Crippen molar-refractivity contribution in [3.05, 3.63) is 59.7 Å². The highest BCUT2D eigenvalue weighted by atomic mass is 32.2. The molecule has 1 saturated heterocycles. The van der Waals surface area contributed by atoms with Crippen LogP contribution in [0.2, 0.25) is 0 Å². The minimum atomic E-state index is -3.27. The van der Waals surface area contributed by atoms with Gasteiger partial charge >= 0.3 is 0 Å². The predicted octanol–water partition coefficient (Wildman–Crippen LogP) is 2.67. The normalized spacial score (nSPS) is 15.9. The van der Waals surface area contributed by atoms with Crippen molar-refractivity contribution in [3.63, 3.8) is 0 Å². The fourth-order valence-electron chi connectivity index (χ4n) is 3.48. The van der Waals surface area contributed by atoms with E-state index < -0.39 is 9.84 Å². The number of carbonyl (C=O) groups is 1. The molecule has 1 N–H and O–H groups in total. The van der Waals surface area contributed by atoms with Crippen molar-refractivity contribution in [1.82, 2.24) is 10.2 Å². The number of amides is 1. The molecule has 0 unspecified atom stereocenters. The number of nitrogens with one attached hydrogen (secondary N) is 1. The van der Waals surface area contributed by atoms with Gasteiger partial charge in [0, 0.05) is 18.4 Å². The molecule has 1 fully saturated rings. The van der Waals surface area contributed by atoms with Crippen molar-refractivity contribution in [2.45, 2.75) is 23.8 Å². The fraction of sp³-hybridized carbons (Fsp3) is 0.381. The first-order chi connectivity index (χ1) is 13.4. The van der Waals surface area contributed by atoms with E-state index in [4.69, 9.17) is 4.74 Å². The number of rotatable bonds is 7. The van der Waals surface area contributed by atoms with Crippen LogP contribution in [0.5, 0.6) is 5.75 Å². The molecular formula is C21H26N2O4S. The highest BCUT2D eigenvalue weighted by molar-refractivity contribution is 7.90. The first-order valence-corrected chi connectivity index (χ1v) is 11.2. The van der Waals surface area contributed by atoms with E-state index in [-0.39, 0.29) is 16.8 Å². The van der Waals surface area contributed by atoms with Gasteiger partial charge in [-0.3, -0.25) is 9.69 Å². The molecule has 1 aliphatic heterocycles. The maximum absolute atomic E-state index is 12.6. The number of likely N-dealkylation sites (tertiary alicyclic amines) is 1. The molecule has 150 valence electrons. The molecule has 1 atom stereocenters. The molecule has 0 aliphatic carbocycles. The van der Waals surface area contributed by atoms with Gasteiger partial charge < -0.3 is 10.1 Å². The highest BCUT2D eigenvalue weighted by Crippen LogP contribution is 2.26. The van der Waals surface area contributed by atoms with Crippen molar-refractivity contribution in [1.29, 1.82) is 0 Å². The smallest absolute Gasteiger partial charge is 0.251 e. The van der Waals surface area contributed by atoms with Crippen LogP contribution in [0.25, 0.3) is 0 Å². The van der Waals surface area contributed by atoms with Crippen LogP contribution in [-0.4, -0.2) is 52.2 Å². The number of hydrogen-bond donors (Lipinski definition) is 1. The van der Waals surface area contributed by atoms with Gasteiger partial charge in [-0.1, -0.05) is 12.1 Å². The molecule has 3 rings (SSSR count). The zero-order valence-electron chi connectivity index (χ0n) is 16.2. The number of ether oxygens (including phenoxy) is 1. The average Bonchev–Trinajstić information content (AvgIpc) is 3.22. The van der Waals surface area contributed by atoms with Gasteiger partial charge in [-0.15, -0.1) is 0 Å². The molecule has 7 heteroatoms. The summed E-state index contributed by atoms with van der Waals surface area (Å²) in [5, 5.41) is 3.00. The Morgan fingerprint density at radius 2 is 1.68 bits per heavy atom. The lowest BCUT2D eigenvalue weighted by atomic mass is 10.0. The summed E-state index contributed by atoms with van der Waals surface area (Å²) in [6.45, 7) is 2.50. The second kappa shape index (κ2) is 8.75. The summed E-state index contributed by atoms with van der Waals surface area (Å²) in [5.74, 6) is 0.594. The van der Waals surface area contributed by atoms with E-state index in [1.165, 1.54) is 12.1 Å². The van der Waals surface area contributed by atoms with E-state index in [1.54, 1.807) is 19.2 Å². The van der Waals surface area contributed by atoms with E-state index in [0.29, 0.717) is 12.1 Å². The SMILES string of the molecule is COc1ccc([C@H](CNC(=O)c2ccc(S(C)(=O)=O)cc2)N2CCCC2)cc1. The number of methoxy groups -OCH3 is 1. The van der Waals surface area contributed by atoms with Gasteiger partial charge in [-0.25, -0.2) is 8.42 Å². The van der Waals surface area contributed by atoms with Crippen molar-refractivity contribution < 1.29 is 17.9 Å². The second-order valence-electron chi connectivity index (χ2n) is 7.04. The van der Waals surface area contributed by atoms with Gasteiger partial charge in [0.1, 0.15) is 5.75 Å².